The third-order valence-electron chi connectivity index (χ3n) is 1.85. The van der Waals surface area contributed by atoms with E-state index in [1.54, 1.807) is 6.92 Å². The SMILES string of the molecule is Cc1cc(O)cc(C(=O)CCl)c1C#N. The monoisotopic (exact) mass is 209 g/mol. The lowest BCUT2D eigenvalue weighted by Gasteiger charge is -2.04. The van der Waals surface area contributed by atoms with Crippen molar-refractivity contribution in [3.8, 4) is 11.8 Å². The van der Waals surface area contributed by atoms with Crippen LogP contribution in [0, 0.1) is 18.3 Å². The van der Waals surface area contributed by atoms with Gasteiger partial charge in [-0.05, 0) is 24.6 Å². The molecule has 1 aromatic carbocycles. The molecule has 0 aromatic heterocycles. The topological polar surface area (TPSA) is 61.1 Å². The van der Waals surface area contributed by atoms with Gasteiger partial charge in [-0.15, -0.1) is 11.6 Å². The van der Waals surface area contributed by atoms with Gasteiger partial charge in [-0.2, -0.15) is 5.26 Å². The molecule has 0 bridgehead atoms. The van der Waals surface area contributed by atoms with Crippen LogP contribution < -0.4 is 0 Å². The number of carbonyl (C=O) groups is 1. The van der Waals surface area contributed by atoms with Crippen molar-refractivity contribution in [3.05, 3.63) is 28.8 Å². The molecule has 4 heteroatoms. The first-order chi connectivity index (χ1) is 6.60. The second-order valence-electron chi connectivity index (χ2n) is 2.85. The van der Waals surface area contributed by atoms with Crippen LogP contribution in [0.5, 0.6) is 5.75 Å². The Balaban J connectivity index is 3.41. The predicted octanol–water partition coefficient (Wildman–Crippen LogP) is 1.99. The summed E-state index contributed by atoms with van der Waals surface area (Å²) in [6.45, 7) is 1.66. The van der Waals surface area contributed by atoms with Crippen LogP contribution in [0.3, 0.4) is 0 Å². The van der Waals surface area contributed by atoms with E-state index in [1.807, 2.05) is 6.07 Å². The first kappa shape index (κ1) is 10.6. The van der Waals surface area contributed by atoms with Crippen molar-refractivity contribution >= 4 is 17.4 Å². The number of rotatable bonds is 2. The van der Waals surface area contributed by atoms with Gasteiger partial charge in [-0.1, -0.05) is 0 Å². The Morgan fingerprint density at radius 1 is 1.64 bits per heavy atom. The van der Waals surface area contributed by atoms with Crippen LogP contribution in [-0.4, -0.2) is 16.8 Å². The van der Waals surface area contributed by atoms with Crippen molar-refractivity contribution < 1.29 is 9.90 Å². The summed E-state index contributed by atoms with van der Waals surface area (Å²) < 4.78 is 0. The highest BCUT2D eigenvalue weighted by Gasteiger charge is 2.13. The lowest BCUT2D eigenvalue weighted by atomic mass is 10.00. The Kier molecular flexibility index (Phi) is 3.10. The zero-order valence-corrected chi connectivity index (χ0v) is 8.30. The molecular weight excluding hydrogens is 202 g/mol. The van der Waals surface area contributed by atoms with Crippen LogP contribution in [0.25, 0.3) is 0 Å². The summed E-state index contributed by atoms with van der Waals surface area (Å²) in [5, 5.41) is 18.1. The summed E-state index contributed by atoms with van der Waals surface area (Å²) in [5.74, 6) is -0.588. The summed E-state index contributed by atoms with van der Waals surface area (Å²) >= 11 is 5.38. The number of benzene rings is 1. The molecule has 0 radical (unpaired) electrons. The normalized spacial score (nSPS) is 9.50. The quantitative estimate of drug-likeness (QED) is 0.599. The number of Topliss-reactive ketones (excluding diaryl/α,β-unsaturated/α-hetero) is 1. The largest absolute Gasteiger partial charge is 0.508 e. The van der Waals surface area contributed by atoms with Gasteiger partial charge in [0.05, 0.1) is 11.4 Å². The first-order valence-corrected chi connectivity index (χ1v) is 4.46. The van der Waals surface area contributed by atoms with Crippen molar-refractivity contribution in [1.82, 2.24) is 0 Å². The average molecular weight is 210 g/mol. The van der Waals surface area contributed by atoms with Crippen molar-refractivity contribution in [2.24, 2.45) is 0 Å². The number of aromatic hydroxyl groups is 1. The molecule has 0 fully saturated rings. The maximum absolute atomic E-state index is 11.3. The van der Waals surface area contributed by atoms with Crippen LogP contribution in [0.4, 0.5) is 0 Å². The lowest BCUT2D eigenvalue weighted by molar-refractivity contribution is 0.102. The maximum atomic E-state index is 11.3. The fraction of sp³-hybridized carbons (Fsp3) is 0.200. The zero-order valence-electron chi connectivity index (χ0n) is 7.54. The Morgan fingerprint density at radius 3 is 2.79 bits per heavy atom. The Morgan fingerprint density at radius 2 is 2.29 bits per heavy atom. The fourth-order valence-corrected chi connectivity index (χ4v) is 1.35. The summed E-state index contributed by atoms with van der Waals surface area (Å²) in [4.78, 5) is 11.3. The molecule has 0 aliphatic rings. The van der Waals surface area contributed by atoms with Gasteiger partial charge < -0.3 is 5.11 Å². The van der Waals surface area contributed by atoms with Gasteiger partial charge in [0.1, 0.15) is 11.8 Å². The number of hydrogen-bond donors (Lipinski definition) is 1. The van der Waals surface area contributed by atoms with Crippen LogP contribution in [0.1, 0.15) is 21.5 Å². The minimum absolute atomic E-state index is 0.0324. The number of aryl methyl sites for hydroxylation is 1. The number of hydrogen-bond acceptors (Lipinski definition) is 3. The molecule has 0 saturated carbocycles. The van der Waals surface area contributed by atoms with E-state index >= 15 is 0 Å². The Bertz CT molecular complexity index is 421. The Hall–Kier alpha value is -1.53. The molecule has 0 saturated heterocycles. The van der Waals surface area contributed by atoms with E-state index in [-0.39, 0.29) is 28.5 Å². The van der Waals surface area contributed by atoms with E-state index < -0.39 is 0 Å². The molecule has 1 rings (SSSR count). The van der Waals surface area contributed by atoms with Gasteiger partial charge >= 0.3 is 0 Å². The molecule has 1 aromatic rings. The highest BCUT2D eigenvalue weighted by molar-refractivity contribution is 6.30. The number of alkyl halides is 1. The van der Waals surface area contributed by atoms with Gasteiger partial charge in [0, 0.05) is 5.56 Å². The number of nitrogens with zero attached hydrogens (tertiary/aromatic N) is 1. The van der Waals surface area contributed by atoms with E-state index in [1.165, 1.54) is 12.1 Å². The van der Waals surface area contributed by atoms with Crippen LogP contribution >= 0.6 is 11.6 Å². The molecule has 0 amide bonds. The molecule has 0 unspecified atom stereocenters. The first-order valence-electron chi connectivity index (χ1n) is 3.93. The molecular formula is C10H8ClNO2. The van der Waals surface area contributed by atoms with Gasteiger partial charge in [0.2, 0.25) is 0 Å². The van der Waals surface area contributed by atoms with Gasteiger partial charge in [-0.3, -0.25) is 4.79 Å². The van der Waals surface area contributed by atoms with E-state index in [4.69, 9.17) is 16.9 Å². The highest BCUT2D eigenvalue weighted by atomic mass is 35.5. The standard InChI is InChI=1S/C10H8ClNO2/c1-6-2-7(13)3-8(9(6)5-12)10(14)4-11/h2-3,13H,4H2,1H3. The van der Waals surface area contributed by atoms with Crippen molar-refractivity contribution in [3.63, 3.8) is 0 Å². The average Bonchev–Trinajstić information content (AvgIpc) is 2.15. The van der Waals surface area contributed by atoms with Crippen LogP contribution in [0.2, 0.25) is 0 Å². The van der Waals surface area contributed by atoms with Gasteiger partial charge in [-0.25, -0.2) is 0 Å². The second-order valence-corrected chi connectivity index (χ2v) is 3.12. The minimum Gasteiger partial charge on any atom is -0.508 e. The molecule has 0 heterocycles. The zero-order chi connectivity index (χ0) is 10.7. The predicted molar refractivity (Wildman–Crippen MR) is 52.6 cm³/mol. The van der Waals surface area contributed by atoms with E-state index in [9.17, 15) is 9.90 Å². The number of ketones is 1. The highest BCUT2D eigenvalue weighted by Crippen LogP contribution is 2.21. The summed E-state index contributed by atoms with van der Waals surface area (Å²) in [6, 6.07) is 4.61. The second kappa shape index (κ2) is 4.12. The fourth-order valence-electron chi connectivity index (χ4n) is 1.21. The molecule has 0 atom stereocenters. The molecule has 72 valence electrons. The maximum Gasteiger partial charge on any atom is 0.179 e. The molecule has 14 heavy (non-hydrogen) atoms. The van der Waals surface area contributed by atoms with Gasteiger partial charge in [0.15, 0.2) is 5.78 Å². The summed E-state index contributed by atoms with van der Waals surface area (Å²) in [7, 11) is 0. The van der Waals surface area contributed by atoms with E-state index in [0.29, 0.717) is 5.56 Å². The number of halogens is 1. The number of phenolic OH excluding ortho intramolecular Hbond substituents is 1. The number of carbonyl (C=O) groups excluding carboxylic acids is 1. The molecule has 0 aliphatic heterocycles. The summed E-state index contributed by atoms with van der Waals surface area (Å²) in [5.41, 5.74) is 1.02. The smallest absolute Gasteiger partial charge is 0.179 e. The van der Waals surface area contributed by atoms with Crippen molar-refractivity contribution in [2.75, 3.05) is 5.88 Å². The number of nitriles is 1. The minimum atomic E-state index is -0.359. The van der Waals surface area contributed by atoms with E-state index in [2.05, 4.69) is 0 Å². The van der Waals surface area contributed by atoms with Crippen molar-refractivity contribution in [2.45, 2.75) is 6.92 Å². The van der Waals surface area contributed by atoms with E-state index in [0.717, 1.165) is 0 Å². The molecule has 3 nitrogen and oxygen atoms in total. The third-order valence-corrected chi connectivity index (χ3v) is 2.10. The van der Waals surface area contributed by atoms with Crippen LogP contribution in [0.15, 0.2) is 12.1 Å². The van der Waals surface area contributed by atoms with Gasteiger partial charge in [0.25, 0.3) is 0 Å². The molecule has 1 N–H and O–H groups in total. The molecule has 0 spiro atoms. The third kappa shape index (κ3) is 1.86. The molecule has 0 aliphatic carbocycles. The van der Waals surface area contributed by atoms with Crippen LogP contribution in [-0.2, 0) is 0 Å². The lowest BCUT2D eigenvalue weighted by Crippen LogP contribution is -2.04. The summed E-state index contributed by atoms with van der Waals surface area (Å²) in [6.07, 6.45) is 0. The van der Waals surface area contributed by atoms with Crippen molar-refractivity contribution in [1.29, 1.82) is 5.26 Å². The Labute approximate surface area is 86.5 Å². The number of phenols is 1.